The number of benzene rings is 1. The van der Waals surface area contributed by atoms with Crippen LogP contribution >= 0.6 is 0 Å². The molecule has 0 fully saturated rings. The van der Waals surface area contributed by atoms with Gasteiger partial charge in [0.15, 0.2) is 0 Å². The molecule has 0 radical (unpaired) electrons. The average Bonchev–Trinajstić information content (AvgIpc) is 2.38. The molecule has 2 rings (SSSR count). The van der Waals surface area contributed by atoms with Crippen LogP contribution in [0.25, 0.3) is 0 Å². The van der Waals surface area contributed by atoms with Gasteiger partial charge < -0.3 is 9.84 Å². The van der Waals surface area contributed by atoms with Crippen molar-refractivity contribution in [3.8, 4) is 17.8 Å². The van der Waals surface area contributed by atoms with Crippen LogP contribution in [0.2, 0.25) is 0 Å². The monoisotopic (exact) mass is 255 g/mol. The third-order valence-electron chi connectivity index (χ3n) is 2.26. The normalized spacial score (nSPS) is 9.68. The van der Waals surface area contributed by atoms with Gasteiger partial charge in [-0.1, -0.05) is 0 Å². The number of hydrogen-bond acceptors (Lipinski definition) is 5. The molecule has 0 saturated heterocycles. The lowest BCUT2D eigenvalue weighted by atomic mass is 10.2. The molecule has 0 aliphatic rings. The van der Waals surface area contributed by atoms with Crippen LogP contribution in [0, 0.1) is 18.3 Å². The van der Waals surface area contributed by atoms with Crippen LogP contribution in [0.5, 0.6) is 11.8 Å². The summed E-state index contributed by atoms with van der Waals surface area (Å²) in [6.45, 7) is 1.73. The van der Waals surface area contributed by atoms with Gasteiger partial charge in [-0.3, -0.25) is 0 Å². The van der Waals surface area contributed by atoms with Crippen LogP contribution < -0.4 is 4.74 Å². The fraction of sp³-hybridized carbons (Fsp3) is 0.0769. The van der Waals surface area contributed by atoms with E-state index < -0.39 is 5.97 Å². The molecular formula is C13H9N3O3. The zero-order chi connectivity index (χ0) is 13.8. The Morgan fingerprint density at radius 3 is 2.58 bits per heavy atom. The molecule has 0 saturated carbocycles. The van der Waals surface area contributed by atoms with E-state index in [1.54, 1.807) is 13.0 Å². The van der Waals surface area contributed by atoms with Crippen LogP contribution in [0.1, 0.15) is 21.7 Å². The van der Waals surface area contributed by atoms with Crippen molar-refractivity contribution in [3.63, 3.8) is 0 Å². The number of aromatic nitrogens is 2. The Kier molecular flexibility index (Phi) is 3.39. The molecule has 1 aromatic carbocycles. The van der Waals surface area contributed by atoms with Crippen LogP contribution in [0.4, 0.5) is 0 Å². The Morgan fingerprint density at radius 1 is 1.32 bits per heavy atom. The lowest BCUT2D eigenvalue weighted by Gasteiger charge is -2.04. The highest BCUT2D eigenvalue weighted by Crippen LogP contribution is 2.19. The Bertz CT molecular complexity index is 660. The molecule has 1 heterocycles. The van der Waals surface area contributed by atoms with E-state index in [2.05, 4.69) is 9.97 Å². The maximum Gasteiger partial charge on any atom is 0.335 e. The van der Waals surface area contributed by atoms with Crippen molar-refractivity contribution in [1.82, 2.24) is 9.97 Å². The summed E-state index contributed by atoms with van der Waals surface area (Å²) < 4.78 is 5.37. The van der Waals surface area contributed by atoms with Gasteiger partial charge in [-0.2, -0.15) is 10.2 Å². The Hall–Kier alpha value is -2.94. The number of hydrogen-bond donors (Lipinski definition) is 1. The Balaban J connectivity index is 2.24. The van der Waals surface area contributed by atoms with Gasteiger partial charge >= 0.3 is 12.0 Å². The van der Waals surface area contributed by atoms with Crippen molar-refractivity contribution in [2.45, 2.75) is 6.92 Å². The van der Waals surface area contributed by atoms with Crippen LogP contribution in [0.15, 0.2) is 30.3 Å². The second kappa shape index (κ2) is 5.14. The molecule has 0 amide bonds. The highest BCUT2D eigenvalue weighted by molar-refractivity contribution is 5.87. The first kappa shape index (κ1) is 12.5. The number of nitriles is 1. The molecule has 0 aliphatic carbocycles. The molecule has 6 nitrogen and oxygen atoms in total. The van der Waals surface area contributed by atoms with Gasteiger partial charge in [0, 0.05) is 5.69 Å². The summed E-state index contributed by atoms with van der Waals surface area (Å²) in [5, 5.41) is 17.6. The number of aryl methyl sites for hydroxylation is 1. The van der Waals surface area contributed by atoms with Gasteiger partial charge in [-0.25, -0.2) is 9.78 Å². The van der Waals surface area contributed by atoms with E-state index in [0.29, 0.717) is 11.4 Å². The SMILES string of the molecule is Cc1cc(C#N)nc(Oc2ccc(C(=O)O)cc2)n1. The number of rotatable bonds is 3. The summed E-state index contributed by atoms with van der Waals surface area (Å²) in [4.78, 5) is 18.6. The summed E-state index contributed by atoms with van der Waals surface area (Å²) in [5.41, 5.74) is 0.989. The van der Waals surface area contributed by atoms with Crippen LogP contribution in [0.3, 0.4) is 0 Å². The molecule has 0 aliphatic heterocycles. The summed E-state index contributed by atoms with van der Waals surface area (Å²) >= 11 is 0. The van der Waals surface area contributed by atoms with Gasteiger partial charge in [-0.15, -0.1) is 0 Å². The summed E-state index contributed by atoms with van der Waals surface area (Å²) in [6.07, 6.45) is 0. The minimum absolute atomic E-state index is 0.0552. The third kappa shape index (κ3) is 3.04. The molecule has 19 heavy (non-hydrogen) atoms. The first-order valence-electron chi connectivity index (χ1n) is 5.35. The first-order chi connectivity index (χ1) is 9.08. The standard InChI is InChI=1S/C13H9N3O3/c1-8-6-10(7-14)16-13(15-8)19-11-4-2-9(3-5-11)12(17)18/h2-6H,1H3,(H,17,18). The van der Waals surface area contributed by atoms with Gasteiger partial charge in [0.05, 0.1) is 5.56 Å². The number of carboxylic acids is 1. The third-order valence-corrected chi connectivity index (χ3v) is 2.26. The zero-order valence-electron chi connectivity index (χ0n) is 9.99. The van der Waals surface area contributed by atoms with E-state index in [1.807, 2.05) is 6.07 Å². The molecule has 0 bridgehead atoms. The summed E-state index contributed by atoms with van der Waals surface area (Å²) in [6, 6.07) is 9.34. The van der Waals surface area contributed by atoms with E-state index in [0.717, 1.165) is 0 Å². The minimum atomic E-state index is -1.01. The summed E-state index contributed by atoms with van der Waals surface area (Å²) in [7, 11) is 0. The van der Waals surface area contributed by atoms with E-state index in [1.165, 1.54) is 24.3 Å². The highest BCUT2D eigenvalue weighted by atomic mass is 16.5. The predicted octanol–water partition coefficient (Wildman–Crippen LogP) is 2.15. The average molecular weight is 255 g/mol. The smallest absolute Gasteiger partial charge is 0.335 e. The fourth-order valence-corrected chi connectivity index (χ4v) is 1.42. The van der Waals surface area contributed by atoms with Crippen LogP contribution in [-0.4, -0.2) is 21.0 Å². The largest absolute Gasteiger partial charge is 0.478 e. The number of ether oxygens (including phenoxy) is 1. The number of nitrogens with zero attached hydrogens (tertiary/aromatic N) is 3. The Morgan fingerprint density at radius 2 is 2.00 bits per heavy atom. The molecule has 0 unspecified atom stereocenters. The lowest BCUT2D eigenvalue weighted by Crippen LogP contribution is -1.98. The number of carbonyl (C=O) groups is 1. The van der Waals surface area contributed by atoms with Gasteiger partial charge in [0.1, 0.15) is 17.5 Å². The molecule has 6 heteroatoms. The van der Waals surface area contributed by atoms with Crippen molar-refractivity contribution in [2.75, 3.05) is 0 Å². The van der Waals surface area contributed by atoms with Crippen LogP contribution in [-0.2, 0) is 0 Å². The van der Waals surface area contributed by atoms with Gasteiger partial charge in [-0.05, 0) is 37.3 Å². The minimum Gasteiger partial charge on any atom is -0.478 e. The number of carboxylic acid groups (broad SMARTS) is 1. The molecule has 0 spiro atoms. The van der Waals surface area contributed by atoms with Crippen molar-refractivity contribution in [2.24, 2.45) is 0 Å². The van der Waals surface area contributed by atoms with Crippen molar-refractivity contribution < 1.29 is 14.6 Å². The predicted molar refractivity (Wildman–Crippen MR) is 65.0 cm³/mol. The molecule has 2 aromatic rings. The summed E-state index contributed by atoms with van der Waals surface area (Å²) in [5.74, 6) is -0.607. The second-order valence-electron chi connectivity index (χ2n) is 3.72. The Labute approximate surface area is 108 Å². The van der Waals surface area contributed by atoms with Gasteiger partial charge in [0.25, 0.3) is 0 Å². The quantitative estimate of drug-likeness (QED) is 0.902. The molecule has 1 N–H and O–H groups in total. The molecular weight excluding hydrogens is 246 g/mol. The molecule has 1 aromatic heterocycles. The van der Waals surface area contributed by atoms with Crippen molar-refractivity contribution in [3.05, 3.63) is 47.3 Å². The number of aromatic carboxylic acids is 1. The van der Waals surface area contributed by atoms with E-state index in [-0.39, 0.29) is 17.3 Å². The van der Waals surface area contributed by atoms with Gasteiger partial charge in [0.2, 0.25) is 0 Å². The topological polar surface area (TPSA) is 96.1 Å². The van der Waals surface area contributed by atoms with E-state index in [9.17, 15) is 4.79 Å². The maximum atomic E-state index is 10.7. The van der Waals surface area contributed by atoms with Crippen molar-refractivity contribution >= 4 is 5.97 Å². The van der Waals surface area contributed by atoms with E-state index in [4.69, 9.17) is 15.1 Å². The fourth-order valence-electron chi connectivity index (χ4n) is 1.42. The maximum absolute atomic E-state index is 10.7. The van der Waals surface area contributed by atoms with Crippen molar-refractivity contribution in [1.29, 1.82) is 5.26 Å². The first-order valence-corrected chi connectivity index (χ1v) is 5.35. The molecule has 94 valence electrons. The lowest BCUT2D eigenvalue weighted by molar-refractivity contribution is 0.0697. The highest BCUT2D eigenvalue weighted by Gasteiger charge is 2.06. The van der Waals surface area contributed by atoms with E-state index >= 15 is 0 Å². The zero-order valence-corrected chi connectivity index (χ0v) is 9.99. The second-order valence-corrected chi connectivity index (χ2v) is 3.72. The molecule has 0 atom stereocenters.